The second-order valence-corrected chi connectivity index (χ2v) is 5.18. The number of amides is 1. The van der Waals surface area contributed by atoms with Gasteiger partial charge in [0.25, 0.3) is 0 Å². The topological polar surface area (TPSA) is 55.8 Å². The number of ether oxygens (including phenoxy) is 2. The molecule has 0 aromatic heterocycles. The minimum absolute atomic E-state index is 0.00599. The Morgan fingerprint density at radius 3 is 2.50 bits per heavy atom. The van der Waals surface area contributed by atoms with Gasteiger partial charge in [0.05, 0.1) is 26.1 Å². The van der Waals surface area contributed by atoms with E-state index in [0.717, 1.165) is 12.2 Å². The fraction of sp³-hybridized carbons (Fsp3) is 0.529. The molecule has 1 aromatic rings. The molecule has 5 heteroatoms. The number of para-hydroxylation sites is 1. The molecule has 0 aliphatic carbocycles. The van der Waals surface area contributed by atoms with Gasteiger partial charge >= 0.3 is 5.97 Å². The van der Waals surface area contributed by atoms with E-state index in [-0.39, 0.29) is 17.8 Å². The Bertz CT molecular complexity index is 461. The lowest BCUT2D eigenvalue weighted by Crippen LogP contribution is -2.38. The highest BCUT2D eigenvalue weighted by molar-refractivity contribution is 5.78. The summed E-state index contributed by atoms with van der Waals surface area (Å²) in [5.74, 6) is 0.124. The number of rotatable bonds is 9. The fourth-order valence-corrected chi connectivity index (χ4v) is 2.13. The quantitative estimate of drug-likeness (QED) is 0.658. The van der Waals surface area contributed by atoms with Crippen LogP contribution in [0.25, 0.3) is 0 Å². The molecular weight excluding hydrogens is 282 g/mol. The molecule has 0 saturated heterocycles. The lowest BCUT2D eigenvalue weighted by molar-refractivity contribution is -0.146. The van der Waals surface area contributed by atoms with Gasteiger partial charge in [-0.05, 0) is 18.6 Å². The molecular formula is C17H25NO4. The van der Waals surface area contributed by atoms with Gasteiger partial charge < -0.3 is 14.4 Å². The van der Waals surface area contributed by atoms with Crippen molar-refractivity contribution in [2.75, 3.05) is 26.8 Å². The molecule has 1 atom stereocenters. The smallest absolute Gasteiger partial charge is 0.310 e. The Labute approximate surface area is 132 Å². The number of carbonyl (C=O) groups excluding carboxylic acids is 2. The third kappa shape index (κ3) is 6.16. The average molecular weight is 307 g/mol. The van der Waals surface area contributed by atoms with Gasteiger partial charge in [-0.25, -0.2) is 0 Å². The highest BCUT2D eigenvalue weighted by Gasteiger charge is 2.20. The van der Waals surface area contributed by atoms with Gasteiger partial charge in [-0.15, -0.1) is 0 Å². The summed E-state index contributed by atoms with van der Waals surface area (Å²) >= 11 is 0. The molecule has 0 fully saturated rings. The zero-order chi connectivity index (χ0) is 16.4. The van der Waals surface area contributed by atoms with E-state index >= 15 is 0 Å². The first kappa shape index (κ1) is 18.0. The van der Waals surface area contributed by atoms with Crippen LogP contribution in [0.4, 0.5) is 0 Å². The zero-order valence-corrected chi connectivity index (χ0v) is 13.6. The Hall–Kier alpha value is -2.04. The summed E-state index contributed by atoms with van der Waals surface area (Å²) in [6.07, 6.45) is 1.14. The second-order valence-electron chi connectivity index (χ2n) is 5.18. The van der Waals surface area contributed by atoms with Crippen molar-refractivity contribution in [1.29, 1.82) is 0 Å². The molecule has 0 bridgehead atoms. The lowest BCUT2D eigenvalue weighted by atomic mass is 10.1. The molecule has 0 heterocycles. The highest BCUT2D eigenvalue weighted by atomic mass is 16.5. The third-order valence-corrected chi connectivity index (χ3v) is 3.27. The first-order chi connectivity index (χ1) is 10.6. The van der Waals surface area contributed by atoms with Crippen molar-refractivity contribution in [1.82, 2.24) is 4.90 Å². The summed E-state index contributed by atoms with van der Waals surface area (Å²) in [7, 11) is 1.36. The van der Waals surface area contributed by atoms with E-state index in [4.69, 9.17) is 9.47 Å². The summed E-state index contributed by atoms with van der Waals surface area (Å²) < 4.78 is 10.2. The SMILES string of the molecule is CCCN(CC(C)C(=O)OC)C(=O)CCOc1ccccc1. The van der Waals surface area contributed by atoms with Crippen LogP contribution < -0.4 is 4.74 Å². The van der Waals surface area contributed by atoms with E-state index in [1.165, 1.54) is 7.11 Å². The lowest BCUT2D eigenvalue weighted by Gasteiger charge is -2.24. The minimum atomic E-state index is -0.324. The van der Waals surface area contributed by atoms with Crippen molar-refractivity contribution in [3.05, 3.63) is 30.3 Å². The van der Waals surface area contributed by atoms with Crippen LogP contribution in [0.3, 0.4) is 0 Å². The molecule has 1 unspecified atom stereocenters. The Balaban J connectivity index is 2.45. The van der Waals surface area contributed by atoms with Crippen LogP contribution in [0.15, 0.2) is 30.3 Å². The molecule has 5 nitrogen and oxygen atoms in total. The van der Waals surface area contributed by atoms with Crippen LogP contribution in [0.1, 0.15) is 26.7 Å². The van der Waals surface area contributed by atoms with E-state index in [9.17, 15) is 9.59 Å². The molecule has 0 N–H and O–H groups in total. The number of esters is 1. The third-order valence-electron chi connectivity index (χ3n) is 3.27. The number of hydrogen-bond donors (Lipinski definition) is 0. The molecule has 0 spiro atoms. The van der Waals surface area contributed by atoms with Crippen LogP contribution in [-0.2, 0) is 14.3 Å². The summed E-state index contributed by atoms with van der Waals surface area (Å²) in [6.45, 7) is 5.11. The van der Waals surface area contributed by atoms with Crippen molar-refractivity contribution in [2.45, 2.75) is 26.7 Å². The van der Waals surface area contributed by atoms with Gasteiger partial charge in [0.2, 0.25) is 5.91 Å². The molecule has 1 aromatic carbocycles. The van der Waals surface area contributed by atoms with Crippen molar-refractivity contribution in [2.24, 2.45) is 5.92 Å². The molecule has 122 valence electrons. The highest BCUT2D eigenvalue weighted by Crippen LogP contribution is 2.10. The molecule has 0 aliphatic heterocycles. The van der Waals surface area contributed by atoms with Crippen molar-refractivity contribution in [3.63, 3.8) is 0 Å². The maximum atomic E-state index is 12.3. The molecule has 0 saturated carbocycles. The zero-order valence-electron chi connectivity index (χ0n) is 13.6. The molecule has 1 amide bonds. The predicted octanol–water partition coefficient (Wildman–Crippen LogP) is 2.50. The molecule has 22 heavy (non-hydrogen) atoms. The van der Waals surface area contributed by atoms with Crippen LogP contribution in [0, 0.1) is 5.92 Å². The van der Waals surface area contributed by atoms with E-state index in [0.29, 0.717) is 26.1 Å². The normalized spacial score (nSPS) is 11.6. The molecule has 0 radical (unpaired) electrons. The van der Waals surface area contributed by atoms with Gasteiger partial charge in [0.15, 0.2) is 0 Å². The Morgan fingerprint density at radius 1 is 1.23 bits per heavy atom. The van der Waals surface area contributed by atoms with Crippen LogP contribution in [0.5, 0.6) is 5.75 Å². The van der Waals surface area contributed by atoms with Gasteiger partial charge in [-0.3, -0.25) is 9.59 Å². The standard InChI is InChI=1S/C17H25NO4/c1-4-11-18(13-14(2)17(20)21-3)16(19)10-12-22-15-8-6-5-7-9-15/h5-9,14H,4,10-13H2,1-3H3. The van der Waals surface area contributed by atoms with Gasteiger partial charge in [-0.1, -0.05) is 32.0 Å². The summed E-state index contributed by atoms with van der Waals surface area (Å²) in [6, 6.07) is 9.40. The van der Waals surface area contributed by atoms with Crippen LogP contribution in [0.2, 0.25) is 0 Å². The van der Waals surface area contributed by atoms with Crippen molar-refractivity contribution < 1.29 is 19.1 Å². The number of methoxy groups -OCH3 is 1. The predicted molar refractivity (Wildman–Crippen MR) is 84.6 cm³/mol. The second kappa shape index (κ2) is 9.82. The van der Waals surface area contributed by atoms with E-state index < -0.39 is 0 Å². The van der Waals surface area contributed by atoms with Crippen LogP contribution >= 0.6 is 0 Å². The van der Waals surface area contributed by atoms with Gasteiger partial charge in [0.1, 0.15) is 5.75 Å². The first-order valence-electron chi connectivity index (χ1n) is 7.62. The minimum Gasteiger partial charge on any atom is -0.493 e. The number of carbonyl (C=O) groups is 2. The monoisotopic (exact) mass is 307 g/mol. The molecule has 0 aliphatic rings. The largest absolute Gasteiger partial charge is 0.493 e. The maximum Gasteiger partial charge on any atom is 0.310 e. The Kier molecular flexibility index (Phi) is 8.04. The van der Waals surface area contributed by atoms with E-state index in [2.05, 4.69) is 0 Å². The van der Waals surface area contributed by atoms with Crippen molar-refractivity contribution in [3.8, 4) is 5.75 Å². The summed E-state index contributed by atoms with van der Waals surface area (Å²) in [5.41, 5.74) is 0. The fourth-order valence-electron chi connectivity index (χ4n) is 2.13. The number of nitrogens with zero attached hydrogens (tertiary/aromatic N) is 1. The summed E-state index contributed by atoms with van der Waals surface area (Å²) in [5, 5.41) is 0. The van der Waals surface area contributed by atoms with Crippen molar-refractivity contribution >= 4 is 11.9 Å². The van der Waals surface area contributed by atoms with Gasteiger partial charge in [-0.2, -0.15) is 0 Å². The van der Waals surface area contributed by atoms with Gasteiger partial charge in [0, 0.05) is 13.1 Å². The summed E-state index contributed by atoms with van der Waals surface area (Å²) in [4.78, 5) is 25.5. The van der Waals surface area contributed by atoms with Crippen LogP contribution in [-0.4, -0.2) is 43.6 Å². The maximum absolute atomic E-state index is 12.3. The molecule has 1 rings (SSSR count). The van der Waals surface area contributed by atoms with E-state index in [1.54, 1.807) is 11.8 Å². The Morgan fingerprint density at radius 2 is 1.91 bits per heavy atom. The number of benzene rings is 1. The number of hydrogen-bond acceptors (Lipinski definition) is 4. The first-order valence-corrected chi connectivity index (χ1v) is 7.62. The average Bonchev–Trinajstić information content (AvgIpc) is 2.54. The van der Waals surface area contributed by atoms with E-state index in [1.807, 2.05) is 37.3 Å².